The van der Waals surface area contributed by atoms with E-state index < -0.39 is 0 Å². The average Bonchev–Trinajstić information content (AvgIpc) is 2.86. The summed E-state index contributed by atoms with van der Waals surface area (Å²) in [6.07, 6.45) is 2.03. The molecule has 0 radical (unpaired) electrons. The van der Waals surface area contributed by atoms with Crippen LogP contribution in [0.4, 0.5) is 5.88 Å². The lowest BCUT2D eigenvalue weighted by Gasteiger charge is -1.98. The van der Waals surface area contributed by atoms with Gasteiger partial charge in [0.1, 0.15) is 5.69 Å². The SMILES string of the molecule is Cn1ccc2cc(-c3cc(N)on3)ccc21. The van der Waals surface area contributed by atoms with Crippen molar-refractivity contribution in [2.24, 2.45) is 7.05 Å². The predicted octanol–water partition coefficient (Wildman–Crippen LogP) is 2.42. The molecule has 0 amide bonds. The van der Waals surface area contributed by atoms with Crippen LogP contribution >= 0.6 is 0 Å². The molecule has 0 bridgehead atoms. The first-order valence-corrected chi connectivity index (χ1v) is 5.02. The van der Waals surface area contributed by atoms with Crippen LogP contribution in [-0.4, -0.2) is 9.72 Å². The molecule has 0 saturated carbocycles. The number of nitrogen functional groups attached to an aromatic ring is 1. The molecule has 0 aliphatic carbocycles. The van der Waals surface area contributed by atoms with Crippen LogP contribution in [0.25, 0.3) is 22.2 Å². The van der Waals surface area contributed by atoms with Crippen LogP contribution in [-0.2, 0) is 7.05 Å². The molecule has 0 atom stereocenters. The number of anilines is 1. The first-order chi connectivity index (χ1) is 7.74. The maximum absolute atomic E-state index is 5.50. The highest BCUT2D eigenvalue weighted by molar-refractivity contribution is 5.85. The van der Waals surface area contributed by atoms with E-state index in [1.165, 1.54) is 10.9 Å². The lowest BCUT2D eigenvalue weighted by Crippen LogP contribution is -1.83. The predicted molar refractivity (Wildman–Crippen MR) is 62.8 cm³/mol. The van der Waals surface area contributed by atoms with Crippen LogP contribution in [0, 0.1) is 0 Å². The van der Waals surface area contributed by atoms with E-state index in [1.54, 1.807) is 6.07 Å². The Bertz CT molecular complexity index is 651. The van der Waals surface area contributed by atoms with Gasteiger partial charge in [-0.3, -0.25) is 0 Å². The second-order valence-electron chi connectivity index (χ2n) is 3.81. The summed E-state index contributed by atoms with van der Waals surface area (Å²) < 4.78 is 6.94. The summed E-state index contributed by atoms with van der Waals surface area (Å²) >= 11 is 0. The van der Waals surface area contributed by atoms with E-state index >= 15 is 0 Å². The third-order valence-electron chi connectivity index (χ3n) is 2.71. The summed E-state index contributed by atoms with van der Waals surface area (Å²) in [5, 5.41) is 5.07. The number of rotatable bonds is 1. The molecule has 0 unspecified atom stereocenters. The van der Waals surface area contributed by atoms with Gasteiger partial charge in [0, 0.05) is 35.8 Å². The Morgan fingerprint density at radius 1 is 1.25 bits per heavy atom. The van der Waals surface area contributed by atoms with Gasteiger partial charge in [-0.15, -0.1) is 0 Å². The number of aryl methyl sites for hydroxylation is 1. The van der Waals surface area contributed by atoms with Gasteiger partial charge in [0.15, 0.2) is 0 Å². The zero-order chi connectivity index (χ0) is 11.1. The fourth-order valence-corrected chi connectivity index (χ4v) is 1.87. The summed E-state index contributed by atoms with van der Waals surface area (Å²) in [6.45, 7) is 0. The molecule has 0 aliphatic rings. The Labute approximate surface area is 92.3 Å². The molecule has 0 spiro atoms. The summed E-state index contributed by atoms with van der Waals surface area (Å²) in [5.41, 5.74) is 8.47. The van der Waals surface area contributed by atoms with Gasteiger partial charge in [0.05, 0.1) is 0 Å². The molecule has 3 aromatic rings. The molecule has 16 heavy (non-hydrogen) atoms. The zero-order valence-electron chi connectivity index (χ0n) is 8.84. The largest absolute Gasteiger partial charge is 0.368 e. The van der Waals surface area contributed by atoms with Crippen molar-refractivity contribution in [2.45, 2.75) is 0 Å². The second-order valence-corrected chi connectivity index (χ2v) is 3.81. The molecule has 0 fully saturated rings. The third-order valence-corrected chi connectivity index (χ3v) is 2.71. The van der Waals surface area contributed by atoms with Crippen molar-refractivity contribution in [1.82, 2.24) is 9.72 Å². The van der Waals surface area contributed by atoms with E-state index in [9.17, 15) is 0 Å². The van der Waals surface area contributed by atoms with E-state index in [-0.39, 0.29) is 0 Å². The standard InChI is InChI=1S/C12H11N3O/c1-15-5-4-9-6-8(2-3-11(9)15)10-7-12(13)16-14-10/h2-7H,13H2,1H3. The Kier molecular flexibility index (Phi) is 1.77. The van der Waals surface area contributed by atoms with Crippen molar-refractivity contribution in [2.75, 3.05) is 5.73 Å². The van der Waals surface area contributed by atoms with E-state index in [0.29, 0.717) is 5.88 Å². The lowest BCUT2D eigenvalue weighted by atomic mass is 10.1. The number of benzene rings is 1. The zero-order valence-corrected chi connectivity index (χ0v) is 8.84. The Morgan fingerprint density at radius 3 is 2.88 bits per heavy atom. The monoisotopic (exact) mass is 213 g/mol. The maximum atomic E-state index is 5.50. The Hall–Kier alpha value is -2.23. The minimum absolute atomic E-state index is 0.336. The lowest BCUT2D eigenvalue weighted by molar-refractivity contribution is 0.439. The van der Waals surface area contributed by atoms with Gasteiger partial charge in [0.25, 0.3) is 0 Å². The van der Waals surface area contributed by atoms with Crippen molar-refractivity contribution < 1.29 is 4.52 Å². The van der Waals surface area contributed by atoms with Crippen molar-refractivity contribution in [3.05, 3.63) is 36.5 Å². The molecule has 3 rings (SSSR count). The van der Waals surface area contributed by atoms with Crippen LogP contribution in [0.15, 0.2) is 41.1 Å². The number of aromatic nitrogens is 2. The normalized spacial score (nSPS) is 11.1. The fourth-order valence-electron chi connectivity index (χ4n) is 1.87. The maximum Gasteiger partial charge on any atom is 0.222 e. The molecule has 2 aromatic heterocycles. The van der Waals surface area contributed by atoms with E-state index in [1.807, 2.05) is 19.3 Å². The molecule has 0 saturated heterocycles. The number of nitrogens with two attached hydrogens (primary N) is 1. The van der Waals surface area contributed by atoms with Gasteiger partial charge < -0.3 is 14.8 Å². The highest BCUT2D eigenvalue weighted by atomic mass is 16.5. The van der Waals surface area contributed by atoms with Gasteiger partial charge in [-0.25, -0.2) is 0 Å². The first-order valence-electron chi connectivity index (χ1n) is 5.02. The summed E-state index contributed by atoms with van der Waals surface area (Å²) in [5.74, 6) is 0.336. The first kappa shape index (κ1) is 9.03. The molecule has 0 aliphatic heterocycles. The van der Waals surface area contributed by atoms with Crippen molar-refractivity contribution >= 4 is 16.8 Å². The van der Waals surface area contributed by atoms with E-state index in [4.69, 9.17) is 10.3 Å². The van der Waals surface area contributed by atoms with Crippen LogP contribution in [0.2, 0.25) is 0 Å². The number of nitrogens with zero attached hydrogens (tertiary/aromatic N) is 2. The van der Waals surface area contributed by atoms with E-state index in [2.05, 4.69) is 27.9 Å². The fraction of sp³-hybridized carbons (Fsp3) is 0.0833. The van der Waals surface area contributed by atoms with Crippen LogP contribution < -0.4 is 5.73 Å². The number of hydrogen-bond acceptors (Lipinski definition) is 3. The molecule has 2 N–H and O–H groups in total. The molecule has 2 heterocycles. The van der Waals surface area contributed by atoms with Crippen LogP contribution in [0.5, 0.6) is 0 Å². The molecule has 4 nitrogen and oxygen atoms in total. The van der Waals surface area contributed by atoms with Crippen molar-refractivity contribution in [3.63, 3.8) is 0 Å². The Balaban J connectivity index is 2.18. The van der Waals surface area contributed by atoms with Gasteiger partial charge in [0.2, 0.25) is 5.88 Å². The molecule has 4 heteroatoms. The summed E-state index contributed by atoms with van der Waals surface area (Å²) in [7, 11) is 2.02. The van der Waals surface area contributed by atoms with Crippen LogP contribution in [0.3, 0.4) is 0 Å². The van der Waals surface area contributed by atoms with Gasteiger partial charge in [-0.2, -0.15) is 0 Å². The number of hydrogen-bond donors (Lipinski definition) is 1. The third kappa shape index (κ3) is 1.27. The summed E-state index contributed by atoms with van der Waals surface area (Å²) in [6, 6.07) is 9.95. The summed E-state index contributed by atoms with van der Waals surface area (Å²) in [4.78, 5) is 0. The smallest absolute Gasteiger partial charge is 0.222 e. The Morgan fingerprint density at radius 2 is 2.12 bits per heavy atom. The minimum atomic E-state index is 0.336. The molecular weight excluding hydrogens is 202 g/mol. The second kappa shape index (κ2) is 3.13. The van der Waals surface area contributed by atoms with Crippen molar-refractivity contribution in [3.8, 4) is 11.3 Å². The van der Waals surface area contributed by atoms with Gasteiger partial charge >= 0.3 is 0 Å². The van der Waals surface area contributed by atoms with Crippen molar-refractivity contribution in [1.29, 1.82) is 0 Å². The molecule has 1 aromatic carbocycles. The highest BCUT2D eigenvalue weighted by Crippen LogP contribution is 2.24. The number of fused-ring (bicyclic) bond motifs is 1. The topological polar surface area (TPSA) is 57.0 Å². The van der Waals surface area contributed by atoms with Crippen LogP contribution in [0.1, 0.15) is 0 Å². The van der Waals surface area contributed by atoms with Gasteiger partial charge in [-0.1, -0.05) is 11.2 Å². The minimum Gasteiger partial charge on any atom is -0.368 e. The quantitative estimate of drug-likeness (QED) is 0.675. The van der Waals surface area contributed by atoms with E-state index in [0.717, 1.165) is 11.3 Å². The average molecular weight is 213 g/mol. The van der Waals surface area contributed by atoms with Gasteiger partial charge in [-0.05, 0) is 18.2 Å². The highest BCUT2D eigenvalue weighted by Gasteiger charge is 2.06. The molecule has 80 valence electrons. The molecular formula is C12H11N3O.